The smallest absolute Gasteiger partial charge is 0.244 e. The molecule has 8 heteroatoms. The summed E-state index contributed by atoms with van der Waals surface area (Å²) in [5, 5.41) is 12.6. The summed E-state index contributed by atoms with van der Waals surface area (Å²) in [6, 6.07) is 13.2. The molecule has 0 unspecified atom stereocenters. The SMILES string of the molecule is CNCc1cccc(-c2cc3cc(Nc4cc5n(n4)CC(=O)N(C)CC5)ncc3cc2F)c1C. The molecule has 0 atom stereocenters. The summed E-state index contributed by atoms with van der Waals surface area (Å²) < 4.78 is 16.8. The minimum Gasteiger partial charge on any atom is -0.344 e. The van der Waals surface area contributed by atoms with Crippen LogP contribution in [0.4, 0.5) is 16.0 Å². The largest absolute Gasteiger partial charge is 0.344 e. The van der Waals surface area contributed by atoms with Crippen molar-refractivity contribution in [3.05, 3.63) is 71.3 Å². The van der Waals surface area contributed by atoms with Crippen LogP contribution in [-0.4, -0.2) is 46.2 Å². The van der Waals surface area contributed by atoms with Gasteiger partial charge in [0.1, 0.15) is 18.2 Å². The highest BCUT2D eigenvalue weighted by atomic mass is 19.1. The Kier molecular flexibility index (Phi) is 5.75. The number of amides is 1. The van der Waals surface area contributed by atoms with Crippen molar-refractivity contribution in [3.8, 4) is 11.1 Å². The number of rotatable bonds is 5. The van der Waals surface area contributed by atoms with E-state index in [1.165, 1.54) is 6.07 Å². The molecule has 0 spiro atoms. The van der Waals surface area contributed by atoms with Crippen LogP contribution in [0.5, 0.6) is 0 Å². The monoisotopic (exact) mass is 458 g/mol. The minimum absolute atomic E-state index is 0.0425. The Labute approximate surface area is 197 Å². The van der Waals surface area contributed by atoms with Crippen molar-refractivity contribution in [3.63, 3.8) is 0 Å². The maximum Gasteiger partial charge on any atom is 0.244 e. The molecule has 1 aliphatic heterocycles. The van der Waals surface area contributed by atoms with Crippen LogP contribution in [0.25, 0.3) is 21.9 Å². The molecule has 5 rings (SSSR count). The number of pyridine rings is 1. The molecular formula is C26H27FN6O. The number of hydrogen-bond donors (Lipinski definition) is 2. The lowest BCUT2D eigenvalue weighted by molar-refractivity contribution is -0.130. The zero-order valence-electron chi connectivity index (χ0n) is 19.5. The van der Waals surface area contributed by atoms with Crippen molar-refractivity contribution in [1.29, 1.82) is 0 Å². The Hall–Kier alpha value is -3.78. The molecule has 2 N–H and O–H groups in total. The van der Waals surface area contributed by atoms with Crippen molar-refractivity contribution in [1.82, 2.24) is 25.0 Å². The van der Waals surface area contributed by atoms with E-state index in [9.17, 15) is 4.79 Å². The highest BCUT2D eigenvalue weighted by molar-refractivity contribution is 5.89. The van der Waals surface area contributed by atoms with Crippen LogP contribution in [0, 0.1) is 12.7 Å². The predicted octanol–water partition coefficient (Wildman–Crippen LogP) is 4.02. The fourth-order valence-corrected chi connectivity index (χ4v) is 4.44. The molecule has 0 radical (unpaired) electrons. The number of hydrogen-bond acceptors (Lipinski definition) is 5. The summed E-state index contributed by atoms with van der Waals surface area (Å²) >= 11 is 0. The number of nitrogens with zero attached hydrogens (tertiary/aromatic N) is 4. The minimum atomic E-state index is -0.271. The third-order valence-electron chi connectivity index (χ3n) is 6.44. The fourth-order valence-electron chi connectivity index (χ4n) is 4.44. The quantitative estimate of drug-likeness (QED) is 0.473. The lowest BCUT2D eigenvalue weighted by Crippen LogP contribution is -2.29. The van der Waals surface area contributed by atoms with E-state index >= 15 is 4.39 Å². The van der Waals surface area contributed by atoms with Gasteiger partial charge >= 0.3 is 0 Å². The van der Waals surface area contributed by atoms with Crippen LogP contribution in [0.15, 0.2) is 48.7 Å². The Bertz CT molecular complexity index is 1400. The van der Waals surface area contributed by atoms with Crippen molar-refractivity contribution in [2.24, 2.45) is 0 Å². The van der Waals surface area contributed by atoms with Gasteiger partial charge in [-0.1, -0.05) is 18.2 Å². The van der Waals surface area contributed by atoms with E-state index in [2.05, 4.69) is 26.8 Å². The predicted molar refractivity (Wildman–Crippen MR) is 131 cm³/mol. The first-order valence-corrected chi connectivity index (χ1v) is 11.3. The van der Waals surface area contributed by atoms with E-state index in [0.29, 0.717) is 23.7 Å². The summed E-state index contributed by atoms with van der Waals surface area (Å²) in [5.74, 6) is 1.02. The van der Waals surface area contributed by atoms with E-state index in [0.717, 1.165) is 46.1 Å². The maximum atomic E-state index is 15.1. The Balaban J connectivity index is 1.47. The van der Waals surface area contributed by atoms with Crippen molar-refractivity contribution in [2.75, 3.05) is 26.0 Å². The standard InChI is InChI=1S/C26H27FN6O/c1-16-17(13-28-2)5-4-6-21(16)22-9-18-11-24(29-14-19(18)10-23(22)27)30-25-12-20-7-8-32(3)26(34)15-33(20)31-25/h4-6,9-12,14,28H,7-8,13,15H2,1-3H3,(H,29,30,31). The van der Waals surface area contributed by atoms with E-state index in [4.69, 9.17) is 0 Å². The van der Waals surface area contributed by atoms with Crippen molar-refractivity contribution < 1.29 is 9.18 Å². The van der Waals surface area contributed by atoms with Gasteiger partial charge in [-0.15, -0.1) is 0 Å². The first-order chi connectivity index (χ1) is 16.4. The fraction of sp³-hybridized carbons (Fsp3) is 0.269. The van der Waals surface area contributed by atoms with E-state index < -0.39 is 0 Å². The second-order valence-electron chi connectivity index (χ2n) is 8.74. The number of carbonyl (C=O) groups excluding carboxylic acids is 1. The molecule has 0 saturated heterocycles. The average molecular weight is 459 g/mol. The zero-order chi connectivity index (χ0) is 23.8. The molecule has 0 bridgehead atoms. The molecule has 174 valence electrons. The molecular weight excluding hydrogens is 431 g/mol. The van der Waals surface area contributed by atoms with Gasteiger partial charge in [0.25, 0.3) is 0 Å². The van der Waals surface area contributed by atoms with Gasteiger partial charge in [0.2, 0.25) is 5.91 Å². The molecule has 1 amide bonds. The summed E-state index contributed by atoms with van der Waals surface area (Å²) in [4.78, 5) is 18.3. The average Bonchev–Trinajstić information content (AvgIpc) is 3.13. The van der Waals surface area contributed by atoms with E-state index in [-0.39, 0.29) is 18.3 Å². The van der Waals surface area contributed by atoms with Gasteiger partial charge < -0.3 is 15.5 Å². The zero-order valence-corrected chi connectivity index (χ0v) is 19.5. The molecule has 2 aromatic carbocycles. The molecule has 3 heterocycles. The Morgan fingerprint density at radius 2 is 1.94 bits per heavy atom. The number of halogens is 1. The molecule has 4 aromatic rings. The Morgan fingerprint density at radius 1 is 1.09 bits per heavy atom. The van der Waals surface area contributed by atoms with Gasteiger partial charge in [-0.05, 0) is 54.2 Å². The highest BCUT2D eigenvalue weighted by Crippen LogP contribution is 2.32. The van der Waals surface area contributed by atoms with Crippen LogP contribution >= 0.6 is 0 Å². The molecule has 1 aliphatic rings. The lowest BCUT2D eigenvalue weighted by atomic mass is 9.94. The molecule has 7 nitrogen and oxygen atoms in total. The summed E-state index contributed by atoms with van der Waals surface area (Å²) in [7, 11) is 3.71. The van der Waals surface area contributed by atoms with E-state index in [1.54, 1.807) is 15.8 Å². The molecule has 0 aliphatic carbocycles. The molecule has 2 aromatic heterocycles. The molecule has 0 fully saturated rings. The van der Waals surface area contributed by atoms with Gasteiger partial charge in [-0.25, -0.2) is 9.37 Å². The first kappa shape index (κ1) is 22.0. The normalized spacial score (nSPS) is 13.8. The van der Waals surface area contributed by atoms with Crippen molar-refractivity contribution >= 4 is 28.3 Å². The topological polar surface area (TPSA) is 75.1 Å². The first-order valence-electron chi connectivity index (χ1n) is 11.3. The van der Waals surface area contributed by atoms with Crippen LogP contribution in [-0.2, 0) is 24.3 Å². The van der Waals surface area contributed by atoms with Crippen LogP contribution in [0.2, 0.25) is 0 Å². The Morgan fingerprint density at radius 3 is 2.76 bits per heavy atom. The third kappa shape index (κ3) is 4.12. The van der Waals surface area contributed by atoms with Gasteiger partial charge in [0.15, 0.2) is 5.82 Å². The second kappa shape index (κ2) is 8.87. The lowest BCUT2D eigenvalue weighted by Gasteiger charge is -2.13. The number of nitrogens with one attached hydrogen (secondary N) is 2. The van der Waals surface area contributed by atoms with Gasteiger partial charge in [-0.3, -0.25) is 9.48 Å². The third-order valence-corrected chi connectivity index (χ3v) is 6.44. The highest BCUT2D eigenvalue weighted by Gasteiger charge is 2.19. The van der Waals surface area contributed by atoms with Gasteiger partial charge in [0.05, 0.1) is 0 Å². The maximum absolute atomic E-state index is 15.1. The number of benzene rings is 2. The number of fused-ring (bicyclic) bond motifs is 2. The molecule has 0 saturated carbocycles. The van der Waals surface area contributed by atoms with Crippen LogP contribution in [0.1, 0.15) is 16.8 Å². The van der Waals surface area contributed by atoms with E-state index in [1.807, 2.05) is 51.4 Å². The molecule has 34 heavy (non-hydrogen) atoms. The van der Waals surface area contributed by atoms with Crippen LogP contribution in [0.3, 0.4) is 0 Å². The number of carbonyl (C=O) groups is 1. The summed E-state index contributed by atoms with van der Waals surface area (Å²) in [5.41, 5.74) is 4.65. The summed E-state index contributed by atoms with van der Waals surface area (Å²) in [6.07, 6.45) is 2.41. The van der Waals surface area contributed by atoms with Crippen LogP contribution < -0.4 is 10.6 Å². The van der Waals surface area contributed by atoms with Gasteiger partial charge in [0, 0.05) is 55.5 Å². The second-order valence-corrected chi connectivity index (χ2v) is 8.74. The summed E-state index contributed by atoms with van der Waals surface area (Å²) in [6.45, 7) is 3.65. The number of anilines is 2. The number of likely N-dealkylation sites (N-methyl/N-ethyl adjacent to an activating group) is 1. The van der Waals surface area contributed by atoms with Crippen molar-refractivity contribution in [2.45, 2.75) is 26.4 Å². The number of aromatic nitrogens is 3. The van der Waals surface area contributed by atoms with Gasteiger partial charge in [-0.2, -0.15) is 5.10 Å².